The van der Waals surface area contributed by atoms with Crippen LogP contribution in [-0.4, -0.2) is 13.0 Å². The van der Waals surface area contributed by atoms with Crippen molar-refractivity contribution in [2.45, 2.75) is 19.8 Å². The smallest absolute Gasteiger partial charge is 0.246 e. The van der Waals surface area contributed by atoms with Crippen molar-refractivity contribution in [1.82, 2.24) is 11.5 Å². The molecule has 0 unspecified atom stereocenters. The van der Waals surface area contributed by atoms with Crippen molar-refractivity contribution in [2.24, 2.45) is 0 Å². The lowest BCUT2D eigenvalue weighted by Gasteiger charge is -1.99. The molecule has 3 heteroatoms. The Hall–Kier alpha value is -0.830. The van der Waals surface area contributed by atoms with Gasteiger partial charge in [0, 0.05) is 12.6 Å². The molecule has 0 fully saturated rings. The molecule has 60 valence electrons. The van der Waals surface area contributed by atoms with Gasteiger partial charge in [-0.2, -0.15) is 0 Å². The van der Waals surface area contributed by atoms with Crippen molar-refractivity contribution in [2.75, 3.05) is 7.05 Å². The first-order valence-corrected chi connectivity index (χ1v) is 3.12. The van der Waals surface area contributed by atoms with Gasteiger partial charge < -0.3 is 11.5 Å². The van der Waals surface area contributed by atoms with Gasteiger partial charge >= 0.3 is 0 Å². The minimum absolute atomic E-state index is 0. The highest BCUT2D eigenvalue weighted by molar-refractivity contribution is 5.92. The second kappa shape index (κ2) is 6.29. The summed E-state index contributed by atoms with van der Waals surface area (Å²) in [5.74, 6) is -0.0446. The maximum Gasteiger partial charge on any atom is 0.246 e. The Morgan fingerprint density at radius 1 is 1.60 bits per heavy atom. The average molecular weight is 144 g/mol. The molecule has 3 nitrogen and oxygen atoms in total. The van der Waals surface area contributed by atoms with E-state index in [4.69, 9.17) is 0 Å². The van der Waals surface area contributed by atoms with Crippen molar-refractivity contribution in [3.05, 3.63) is 12.2 Å². The summed E-state index contributed by atoms with van der Waals surface area (Å²) in [6.07, 6.45) is 1.77. The summed E-state index contributed by atoms with van der Waals surface area (Å²) in [4.78, 5) is 10.7. The third-order valence-electron chi connectivity index (χ3n) is 1.10. The van der Waals surface area contributed by atoms with E-state index in [9.17, 15) is 4.79 Å². The van der Waals surface area contributed by atoms with Crippen LogP contribution < -0.4 is 11.5 Å². The summed E-state index contributed by atoms with van der Waals surface area (Å²) in [5.41, 5.74) is 0.667. The Morgan fingerprint density at radius 3 is 2.40 bits per heavy atom. The molecular weight excluding hydrogens is 128 g/mol. The van der Waals surface area contributed by atoms with Crippen molar-refractivity contribution < 1.29 is 4.79 Å². The van der Waals surface area contributed by atoms with E-state index in [1.54, 1.807) is 7.05 Å². The standard InChI is InChI=1S/C7H13NO.H3N/c1-4-5-6(2)7(9)8-3;/h2,4-5H2,1,3H3,(H,8,9);1H3. The van der Waals surface area contributed by atoms with Gasteiger partial charge in [-0.25, -0.2) is 0 Å². The highest BCUT2D eigenvalue weighted by atomic mass is 16.1. The van der Waals surface area contributed by atoms with Crippen LogP contribution in [0.4, 0.5) is 0 Å². The lowest BCUT2D eigenvalue weighted by Crippen LogP contribution is -2.19. The second-order valence-corrected chi connectivity index (χ2v) is 1.93. The second-order valence-electron chi connectivity index (χ2n) is 1.93. The number of carbonyl (C=O) groups excluding carboxylic acids is 1. The normalized spacial score (nSPS) is 7.80. The largest absolute Gasteiger partial charge is 0.355 e. The number of hydrogen-bond donors (Lipinski definition) is 2. The molecule has 0 aliphatic heterocycles. The number of rotatable bonds is 3. The van der Waals surface area contributed by atoms with Crippen molar-refractivity contribution >= 4 is 5.91 Å². The molecule has 0 saturated heterocycles. The number of hydrogen-bond acceptors (Lipinski definition) is 2. The van der Waals surface area contributed by atoms with Gasteiger partial charge in [-0.3, -0.25) is 4.79 Å². The van der Waals surface area contributed by atoms with E-state index in [1.165, 1.54) is 0 Å². The van der Waals surface area contributed by atoms with Gasteiger partial charge in [-0.1, -0.05) is 19.9 Å². The van der Waals surface area contributed by atoms with Gasteiger partial charge in [0.25, 0.3) is 0 Å². The molecule has 0 aromatic heterocycles. The maximum absolute atomic E-state index is 10.7. The van der Waals surface area contributed by atoms with Crippen molar-refractivity contribution in [3.8, 4) is 0 Å². The van der Waals surface area contributed by atoms with E-state index in [0.717, 1.165) is 12.8 Å². The molecule has 0 aromatic rings. The zero-order valence-corrected chi connectivity index (χ0v) is 6.74. The molecule has 0 radical (unpaired) electrons. The number of likely N-dealkylation sites (N-methyl/N-ethyl adjacent to an activating group) is 1. The molecular formula is C7H16N2O. The van der Waals surface area contributed by atoms with Crippen LogP contribution in [0.2, 0.25) is 0 Å². The lowest BCUT2D eigenvalue weighted by molar-refractivity contribution is -0.117. The minimum atomic E-state index is -0.0446. The van der Waals surface area contributed by atoms with Gasteiger partial charge in [0.05, 0.1) is 0 Å². The van der Waals surface area contributed by atoms with Crippen LogP contribution >= 0.6 is 0 Å². The number of carbonyl (C=O) groups is 1. The highest BCUT2D eigenvalue weighted by Crippen LogP contribution is 1.99. The first-order chi connectivity index (χ1) is 4.22. The third-order valence-corrected chi connectivity index (χ3v) is 1.10. The minimum Gasteiger partial charge on any atom is -0.355 e. The van der Waals surface area contributed by atoms with E-state index in [0.29, 0.717) is 5.57 Å². The fraction of sp³-hybridized carbons (Fsp3) is 0.571. The van der Waals surface area contributed by atoms with E-state index in [2.05, 4.69) is 11.9 Å². The molecule has 0 aliphatic carbocycles. The topological polar surface area (TPSA) is 64.1 Å². The van der Waals surface area contributed by atoms with Gasteiger partial charge in [-0.15, -0.1) is 0 Å². The first kappa shape index (κ1) is 11.9. The Balaban J connectivity index is 0. The zero-order valence-electron chi connectivity index (χ0n) is 6.74. The average Bonchev–Trinajstić information content (AvgIpc) is 1.87. The van der Waals surface area contributed by atoms with Gasteiger partial charge in [0.1, 0.15) is 0 Å². The van der Waals surface area contributed by atoms with Crippen molar-refractivity contribution in [1.29, 1.82) is 0 Å². The molecule has 0 bridgehead atoms. The summed E-state index contributed by atoms with van der Waals surface area (Å²) in [6, 6.07) is 0. The number of nitrogens with one attached hydrogen (secondary N) is 1. The first-order valence-electron chi connectivity index (χ1n) is 3.12. The Kier molecular flexibility index (Phi) is 7.49. The molecule has 4 N–H and O–H groups in total. The molecule has 0 heterocycles. The summed E-state index contributed by atoms with van der Waals surface area (Å²) < 4.78 is 0. The fourth-order valence-corrected chi connectivity index (χ4v) is 0.592. The summed E-state index contributed by atoms with van der Waals surface area (Å²) in [5, 5.41) is 2.51. The van der Waals surface area contributed by atoms with Crippen LogP contribution in [0.15, 0.2) is 12.2 Å². The Morgan fingerprint density at radius 2 is 2.10 bits per heavy atom. The summed E-state index contributed by atoms with van der Waals surface area (Å²) in [7, 11) is 1.61. The zero-order chi connectivity index (χ0) is 7.28. The molecule has 0 aromatic carbocycles. The predicted molar refractivity (Wildman–Crippen MR) is 43.1 cm³/mol. The molecule has 0 rings (SSSR count). The molecule has 0 spiro atoms. The predicted octanol–water partition coefficient (Wildman–Crippen LogP) is 1.25. The van der Waals surface area contributed by atoms with E-state index >= 15 is 0 Å². The maximum atomic E-state index is 10.7. The highest BCUT2D eigenvalue weighted by Gasteiger charge is 2.00. The van der Waals surface area contributed by atoms with Gasteiger partial charge in [0.15, 0.2) is 0 Å². The van der Waals surface area contributed by atoms with Crippen LogP contribution in [0.1, 0.15) is 19.8 Å². The van der Waals surface area contributed by atoms with E-state index < -0.39 is 0 Å². The molecule has 1 amide bonds. The van der Waals surface area contributed by atoms with Crippen LogP contribution in [0.25, 0.3) is 0 Å². The molecule has 0 saturated carbocycles. The van der Waals surface area contributed by atoms with Crippen molar-refractivity contribution in [3.63, 3.8) is 0 Å². The van der Waals surface area contributed by atoms with Gasteiger partial charge in [-0.05, 0) is 6.42 Å². The van der Waals surface area contributed by atoms with Gasteiger partial charge in [0.2, 0.25) is 5.91 Å². The quantitative estimate of drug-likeness (QED) is 0.585. The monoisotopic (exact) mass is 144 g/mol. The lowest BCUT2D eigenvalue weighted by atomic mass is 10.2. The fourth-order valence-electron chi connectivity index (χ4n) is 0.592. The van der Waals surface area contributed by atoms with Crippen LogP contribution in [0, 0.1) is 0 Å². The molecule has 0 atom stereocenters. The van der Waals surface area contributed by atoms with E-state index in [-0.39, 0.29) is 12.1 Å². The van der Waals surface area contributed by atoms with Crippen LogP contribution in [-0.2, 0) is 4.79 Å². The van der Waals surface area contributed by atoms with Crippen LogP contribution in [0.5, 0.6) is 0 Å². The molecule has 10 heavy (non-hydrogen) atoms. The Labute approximate surface area is 62.1 Å². The number of amides is 1. The SMILES string of the molecule is C=C(CCC)C(=O)NC.N. The summed E-state index contributed by atoms with van der Waals surface area (Å²) >= 11 is 0. The third kappa shape index (κ3) is 4.09. The van der Waals surface area contributed by atoms with Crippen LogP contribution in [0.3, 0.4) is 0 Å². The molecule has 0 aliphatic rings. The Bertz CT molecular complexity index is 121. The summed E-state index contributed by atoms with van der Waals surface area (Å²) in [6.45, 7) is 5.63. The van der Waals surface area contributed by atoms with E-state index in [1.807, 2.05) is 6.92 Å².